The molecule has 6 nitrogen and oxygen atoms in total. The van der Waals surface area contributed by atoms with E-state index in [4.69, 9.17) is 9.88 Å². The Balaban J connectivity index is 1.91. The van der Waals surface area contributed by atoms with Gasteiger partial charge < -0.3 is 10.1 Å². The molecule has 8 heteroatoms. The first-order valence-electron chi connectivity index (χ1n) is 9.50. The van der Waals surface area contributed by atoms with E-state index in [0.29, 0.717) is 35.7 Å². The molecular formula is C22H24FN3O3S. The van der Waals surface area contributed by atoms with Gasteiger partial charge in [-0.15, -0.1) is 0 Å². The molecule has 0 aliphatic rings. The number of sulfonamides is 1. The lowest BCUT2D eigenvalue weighted by atomic mass is 10.1. The lowest BCUT2D eigenvalue weighted by Crippen LogP contribution is -2.21. The van der Waals surface area contributed by atoms with Crippen LogP contribution in [0.3, 0.4) is 0 Å². The Labute approximate surface area is 176 Å². The van der Waals surface area contributed by atoms with E-state index in [9.17, 15) is 12.8 Å². The van der Waals surface area contributed by atoms with Gasteiger partial charge in [0.05, 0.1) is 7.11 Å². The molecule has 3 aromatic rings. The minimum absolute atomic E-state index is 0.378. The number of aromatic nitrogens is 1. The number of primary sulfonamides is 1. The van der Waals surface area contributed by atoms with Crippen LogP contribution >= 0.6 is 0 Å². The number of benzene rings is 2. The largest absolute Gasteiger partial charge is 0.496 e. The van der Waals surface area contributed by atoms with Gasteiger partial charge in [-0.2, -0.15) is 0 Å². The SMILES string of the molecule is CCCC(c1cccc(Nc2cc(-c3ccc(F)cc3OC)ccn2)c1)S(N)(=O)=O. The predicted molar refractivity (Wildman–Crippen MR) is 117 cm³/mol. The van der Waals surface area contributed by atoms with Gasteiger partial charge in [0.2, 0.25) is 10.0 Å². The van der Waals surface area contributed by atoms with Crippen LogP contribution in [0.5, 0.6) is 5.75 Å². The van der Waals surface area contributed by atoms with E-state index in [1.54, 1.807) is 36.5 Å². The van der Waals surface area contributed by atoms with E-state index in [2.05, 4.69) is 10.3 Å². The Morgan fingerprint density at radius 1 is 1.17 bits per heavy atom. The molecule has 2 aromatic carbocycles. The van der Waals surface area contributed by atoms with Gasteiger partial charge in [-0.25, -0.2) is 22.9 Å². The normalized spacial score (nSPS) is 12.4. The Hall–Kier alpha value is -2.97. The zero-order valence-corrected chi connectivity index (χ0v) is 17.6. The molecule has 30 heavy (non-hydrogen) atoms. The second-order valence-corrected chi connectivity index (χ2v) is 8.64. The Morgan fingerprint density at radius 2 is 1.97 bits per heavy atom. The molecule has 3 N–H and O–H groups in total. The summed E-state index contributed by atoms with van der Waals surface area (Å²) in [5.74, 6) is 0.597. The summed E-state index contributed by atoms with van der Waals surface area (Å²) in [4.78, 5) is 4.32. The maximum Gasteiger partial charge on any atom is 0.216 e. The molecule has 0 spiro atoms. The Morgan fingerprint density at radius 3 is 2.67 bits per heavy atom. The quantitative estimate of drug-likeness (QED) is 0.538. The van der Waals surface area contributed by atoms with Crippen molar-refractivity contribution in [2.75, 3.05) is 12.4 Å². The predicted octanol–water partition coefficient (Wildman–Crippen LogP) is 4.77. The van der Waals surface area contributed by atoms with Crippen LogP contribution in [-0.2, 0) is 10.0 Å². The molecule has 0 fully saturated rings. The van der Waals surface area contributed by atoms with Crippen molar-refractivity contribution < 1.29 is 17.5 Å². The molecular weight excluding hydrogens is 405 g/mol. The van der Waals surface area contributed by atoms with Crippen LogP contribution in [0.15, 0.2) is 60.8 Å². The molecule has 0 radical (unpaired) electrons. The summed E-state index contributed by atoms with van der Waals surface area (Å²) in [5, 5.41) is 7.86. The Kier molecular flexibility index (Phi) is 6.69. The zero-order valence-electron chi connectivity index (χ0n) is 16.8. The fraction of sp³-hybridized carbons (Fsp3) is 0.227. The molecule has 1 aromatic heterocycles. The summed E-state index contributed by atoms with van der Waals surface area (Å²) in [6.45, 7) is 1.92. The molecule has 3 rings (SSSR count). The second-order valence-electron chi connectivity index (χ2n) is 6.89. The first kappa shape index (κ1) is 21.7. The number of halogens is 1. The van der Waals surface area contributed by atoms with Crippen LogP contribution in [0, 0.1) is 5.82 Å². The van der Waals surface area contributed by atoms with Gasteiger partial charge in [0, 0.05) is 23.5 Å². The van der Waals surface area contributed by atoms with Gasteiger partial charge in [0.25, 0.3) is 0 Å². The third-order valence-corrected chi connectivity index (χ3v) is 6.01. The van der Waals surface area contributed by atoms with Crippen LogP contribution in [0.25, 0.3) is 11.1 Å². The van der Waals surface area contributed by atoms with Gasteiger partial charge in [-0.05, 0) is 53.9 Å². The van der Waals surface area contributed by atoms with Crippen molar-refractivity contribution in [1.82, 2.24) is 4.98 Å². The van der Waals surface area contributed by atoms with Crippen LogP contribution in [-0.4, -0.2) is 20.5 Å². The van der Waals surface area contributed by atoms with Gasteiger partial charge >= 0.3 is 0 Å². The summed E-state index contributed by atoms with van der Waals surface area (Å²) in [6, 6.07) is 15.1. The number of hydrogen-bond donors (Lipinski definition) is 2. The van der Waals surface area contributed by atoms with Crippen molar-refractivity contribution in [1.29, 1.82) is 0 Å². The zero-order chi connectivity index (χ0) is 21.7. The maximum absolute atomic E-state index is 13.5. The second kappa shape index (κ2) is 9.23. The lowest BCUT2D eigenvalue weighted by molar-refractivity contribution is 0.413. The topological polar surface area (TPSA) is 94.3 Å². The van der Waals surface area contributed by atoms with Gasteiger partial charge in [-0.1, -0.05) is 25.5 Å². The van der Waals surface area contributed by atoms with Crippen molar-refractivity contribution >= 4 is 21.5 Å². The number of hydrogen-bond acceptors (Lipinski definition) is 5. The highest BCUT2D eigenvalue weighted by Crippen LogP contribution is 2.32. The first-order valence-corrected chi connectivity index (χ1v) is 11.1. The highest BCUT2D eigenvalue weighted by atomic mass is 32.2. The minimum Gasteiger partial charge on any atom is -0.496 e. The molecule has 0 saturated heterocycles. The van der Waals surface area contributed by atoms with Gasteiger partial charge in [0.15, 0.2) is 0 Å². The van der Waals surface area contributed by atoms with Gasteiger partial charge in [0.1, 0.15) is 22.6 Å². The fourth-order valence-electron chi connectivity index (χ4n) is 3.32. The number of methoxy groups -OCH3 is 1. The van der Waals surface area contributed by atoms with Crippen molar-refractivity contribution in [3.05, 3.63) is 72.2 Å². The number of anilines is 2. The number of rotatable bonds is 8. The average Bonchev–Trinajstić information content (AvgIpc) is 2.71. The van der Waals surface area contributed by atoms with Gasteiger partial charge in [-0.3, -0.25) is 0 Å². The van der Waals surface area contributed by atoms with E-state index in [0.717, 1.165) is 11.1 Å². The Bertz CT molecular complexity index is 1140. The smallest absolute Gasteiger partial charge is 0.216 e. The van der Waals surface area contributed by atoms with Crippen molar-refractivity contribution in [3.63, 3.8) is 0 Å². The summed E-state index contributed by atoms with van der Waals surface area (Å²) < 4.78 is 42.8. The lowest BCUT2D eigenvalue weighted by Gasteiger charge is -2.16. The number of nitrogens with two attached hydrogens (primary N) is 1. The number of nitrogens with one attached hydrogen (secondary N) is 1. The number of pyridine rings is 1. The van der Waals surface area contributed by atoms with Crippen molar-refractivity contribution in [2.24, 2.45) is 5.14 Å². The number of nitrogens with zero attached hydrogens (tertiary/aromatic N) is 1. The van der Waals surface area contributed by atoms with Crippen molar-refractivity contribution in [2.45, 2.75) is 25.0 Å². The van der Waals surface area contributed by atoms with E-state index in [1.165, 1.54) is 19.2 Å². The van der Waals surface area contributed by atoms with E-state index >= 15 is 0 Å². The number of ether oxygens (including phenoxy) is 1. The first-order chi connectivity index (χ1) is 14.3. The highest BCUT2D eigenvalue weighted by molar-refractivity contribution is 7.89. The third-order valence-electron chi connectivity index (χ3n) is 4.71. The summed E-state index contributed by atoms with van der Waals surface area (Å²) in [7, 11) is -2.22. The van der Waals surface area contributed by atoms with Crippen LogP contribution in [0.1, 0.15) is 30.6 Å². The van der Waals surface area contributed by atoms with E-state index < -0.39 is 15.3 Å². The molecule has 0 bridgehead atoms. The van der Waals surface area contributed by atoms with Crippen LogP contribution in [0.2, 0.25) is 0 Å². The molecule has 1 atom stereocenters. The molecule has 1 unspecified atom stereocenters. The molecule has 0 saturated carbocycles. The monoisotopic (exact) mass is 429 g/mol. The third kappa shape index (κ3) is 5.14. The van der Waals surface area contributed by atoms with E-state index in [-0.39, 0.29) is 5.82 Å². The van der Waals surface area contributed by atoms with E-state index in [1.807, 2.05) is 19.1 Å². The summed E-state index contributed by atoms with van der Waals surface area (Å²) in [6.07, 6.45) is 2.77. The maximum atomic E-state index is 13.5. The minimum atomic E-state index is -3.71. The molecule has 158 valence electrons. The average molecular weight is 430 g/mol. The fourth-order valence-corrected chi connectivity index (χ4v) is 4.41. The molecule has 1 heterocycles. The van der Waals surface area contributed by atoms with Crippen LogP contribution in [0.4, 0.5) is 15.9 Å². The summed E-state index contributed by atoms with van der Waals surface area (Å²) in [5.41, 5.74) is 2.85. The molecule has 0 amide bonds. The summed E-state index contributed by atoms with van der Waals surface area (Å²) >= 11 is 0. The standard InChI is InChI=1S/C22H24FN3O3S/c1-3-5-21(30(24,27)28)16-6-4-7-18(12-16)26-22-13-15(10-11-25-22)19-9-8-17(23)14-20(19)29-2/h4,6-14,21H,3,5H2,1-2H3,(H,25,26)(H2,24,27,28). The molecule has 0 aliphatic heterocycles. The van der Waals surface area contributed by atoms with Crippen molar-refractivity contribution in [3.8, 4) is 16.9 Å². The highest BCUT2D eigenvalue weighted by Gasteiger charge is 2.22. The van der Waals surface area contributed by atoms with Crippen LogP contribution < -0.4 is 15.2 Å². The molecule has 0 aliphatic carbocycles.